The Morgan fingerprint density at radius 1 is 1.00 bits per heavy atom. The summed E-state index contributed by atoms with van der Waals surface area (Å²) < 4.78 is 33.9. The largest absolute Gasteiger partial charge is 0.497 e. The van der Waals surface area contributed by atoms with E-state index in [9.17, 15) is 8.42 Å². The third-order valence-corrected chi connectivity index (χ3v) is 7.52. The van der Waals surface area contributed by atoms with E-state index in [-0.39, 0.29) is 16.9 Å². The van der Waals surface area contributed by atoms with Gasteiger partial charge in [0.25, 0.3) is 10.0 Å². The van der Waals surface area contributed by atoms with Crippen molar-refractivity contribution < 1.29 is 13.2 Å². The predicted molar refractivity (Wildman–Crippen MR) is 123 cm³/mol. The quantitative estimate of drug-likeness (QED) is 0.535. The molecule has 0 saturated carbocycles. The summed E-state index contributed by atoms with van der Waals surface area (Å²) in [5, 5.41) is 3.66. The van der Waals surface area contributed by atoms with Crippen LogP contribution >= 0.6 is 0 Å². The predicted octanol–water partition coefficient (Wildman–Crippen LogP) is 5.32. The Morgan fingerprint density at radius 3 is 2.52 bits per heavy atom. The van der Waals surface area contributed by atoms with Gasteiger partial charge in [0, 0.05) is 17.3 Å². The number of nitrogens with one attached hydrogen (secondary N) is 2. The molecule has 2 aliphatic rings. The number of ether oxygens (including phenoxy) is 1. The van der Waals surface area contributed by atoms with Gasteiger partial charge < -0.3 is 10.1 Å². The molecular weight excluding hydrogens is 408 g/mol. The van der Waals surface area contributed by atoms with Crippen LogP contribution in [0.5, 0.6) is 5.75 Å². The monoisotopic (exact) mass is 432 g/mol. The molecule has 31 heavy (non-hydrogen) atoms. The number of hydrogen-bond acceptors (Lipinski definition) is 4. The van der Waals surface area contributed by atoms with Crippen LogP contribution in [0.15, 0.2) is 89.8 Å². The minimum atomic E-state index is -3.70. The first-order valence-corrected chi connectivity index (χ1v) is 11.8. The van der Waals surface area contributed by atoms with Crippen molar-refractivity contribution in [1.29, 1.82) is 0 Å². The van der Waals surface area contributed by atoms with Gasteiger partial charge in [-0.2, -0.15) is 0 Å². The Bertz CT molecular complexity index is 1220. The summed E-state index contributed by atoms with van der Waals surface area (Å²) in [7, 11) is -2.13. The lowest BCUT2D eigenvalue weighted by atomic mass is 9.77. The first-order valence-electron chi connectivity index (χ1n) is 10.3. The number of allylic oxidation sites excluding steroid dienone is 2. The van der Waals surface area contributed by atoms with Gasteiger partial charge in [-0.1, -0.05) is 42.5 Å². The fourth-order valence-electron chi connectivity index (χ4n) is 4.60. The van der Waals surface area contributed by atoms with E-state index in [4.69, 9.17) is 4.74 Å². The second kappa shape index (κ2) is 7.78. The molecule has 6 heteroatoms. The lowest BCUT2D eigenvalue weighted by molar-refractivity contribution is 0.415. The van der Waals surface area contributed by atoms with Crippen LogP contribution in [0.4, 0.5) is 11.4 Å². The molecule has 0 unspecified atom stereocenters. The molecular formula is C25H24N2O3S. The van der Waals surface area contributed by atoms with E-state index in [1.807, 2.05) is 18.2 Å². The summed E-state index contributed by atoms with van der Waals surface area (Å²) in [4.78, 5) is 0.265. The second-order valence-corrected chi connectivity index (χ2v) is 9.65. The normalized spacial score (nSPS) is 21.6. The van der Waals surface area contributed by atoms with E-state index >= 15 is 0 Å². The van der Waals surface area contributed by atoms with Gasteiger partial charge in [0.05, 0.1) is 18.0 Å². The molecule has 0 radical (unpaired) electrons. The number of hydrogen-bond donors (Lipinski definition) is 2. The number of benzene rings is 3. The molecule has 0 amide bonds. The minimum absolute atomic E-state index is 0.192. The average Bonchev–Trinajstić information content (AvgIpc) is 3.29. The van der Waals surface area contributed by atoms with E-state index in [1.165, 1.54) is 5.56 Å². The SMILES string of the molecule is COc1ccc(NS(=O)(=O)c2ccc3c(c2)[C@@H]2C=CC[C@@H]2[C@H](c2ccccc2)N3)cc1. The Balaban J connectivity index is 1.46. The van der Waals surface area contributed by atoms with Crippen LogP contribution in [0, 0.1) is 5.92 Å². The number of anilines is 2. The smallest absolute Gasteiger partial charge is 0.261 e. The summed E-state index contributed by atoms with van der Waals surface area (Å²) in [6, 6.07) is 22.8. The van der Waals surface area contributed by atoms with E-state index in [1.54, 1.807) is 37.4 Å². The van der Waals surface area contributed by atoms with Gasteiger partial charge in [-0.05, 0) is 65.9 Å². The zero-order valence-corrected chi connectivity index (χ0v) is 18.0. The molecule has 0 spiro atoms. The standard InChI is InChI=1S/C25H24N2O3S/c1-30-19-12-10-18(11-13-19)27-31(28,29)20-14-15-24-23(16-20)21-8-5-9-22(21)25(26-24)17-6-3-2-4-7-17/h2-8,10-16,21-22,25-27H,9H2,1H3/t21-,22+,25+/m1/s1. The van der Waals surface area contributed by atoms with Crippen molar-refractivity contribution in [3.8, 4) is 5.75 Å². The molecule has 0 bridgehead atoms. The lowest BCUT2D eigenvalue weighted by Gasteiger charge is -2.37. The van der Waals surface area contributed by atoms with Crippen molar-refractivity contribution in [2.24, 2.45) is 5.92 Å². The van der Waals surface area contributed by atoms with Crippen molar-refractivity contribution in [2.75, 3.05) is 17.1 Å². The Kier molecular flexibility index (Phi) is 4.94. The number of methoxy groups -OCH3 is 1. The summed E-state index contributed by atoms with van der Waals surface area (Å²) in [6.07, 6.45) is 5.39. The summed E-state index contributed by atoms with van der Waals surface area (Å²) in [5.41, 5.74) is 3.78. The van der Waals surface area contributed by atoms with Crippen LogP contribution in [0.25, 0.3) is 0 Å². The van der Waals surface area contributed by atoms with Gasteiger partial charge in [0.1, 0.15) is 5.75 Å². The fourth-order valence-corrected chi connectivity index (χ4v) is 5.70. The minimum Gasteiger partial charge on any atom is -0.497 e. The van der Waals surface area contributed by atoms with Crippen LogP contribution in [-0.4, -0.2) is 15.5 Å². The van der Waals surface area contributed by atoms with Gasteiger partial charge in [-0.3, -0.25) is 4.72 Å². The highest BCUT2D eigenvalue weighted by Crippen LogP contribution is 2.50. The molecule has 1 aliphatic carbocycles. The highest BCUT2D eigenvalue weighted by molar-refractivity contribution is 7.92. The number of sulfonamides is 1. The molecule has 5 rings (SSSR count). The van der Waals surface area contributed by atoms with Crippen molar-refractivity contribution in [1.82, 2.24) is 0 Å². The van der Waals surface area contributed by atoms with E-state index in [2.05, 4.69) is 46.5 Å². The van der Waals surface area contributed by atoms with Crippen molar-refractivity contribution in [3.05, 3.63) is 96.1 Å². The average molecular weight is 433 g/mol. The van der Waals surface area contributed by atoms with E-state index < -0.39 is 10.0 Å². The van der Waals surface area contributed by atoms with Gasteiger partial charge >= 0.3 is 0 Å². The molecule has 3 aromatic carbocycles. The third-order valence-electron chi connectivity index (χ3n) is 6.15. The zero-order chi connectivity index (χ0) is 21.4. The maximum absolute atomic E-state index is 13.0. The van der Waals surface area contributed by atoms with Crippen LogP contribution in [0.2, 0.25) is 0 Å². The van der Waals surface area contributed by atoms with Gasteiger partial charge in [0.2, 0.25) is 0 Å². The summed E-state index contributed by atoms with van der Waals surface area (Å²) in [5.74, 6) is 1.23. The Hall–Kier alpha value is -3.25. The molecule has 1 aliphatic heterocycles. The van der Waals surface area contributed by atoms with Crippen molar-refractivity contribution >= 4 is 21.4 Å². The zero-order valence-electron chi connectivity index (χ0n) is 17.2. The van der Waals surface area contributed by atoms with Crippen LogP contribution in [-0.2, 0) is 10.0 Å². The fraction of sp³-hybridized carbons (Fsp3) is 0.200. The third kappa shape index (κ3) is 3.68. The molecule has 3 atom stereocenters. The molecule has 2 N–H and O–H groups in total. The maximum Gasteiger partial charge on any atom is 0.261 e. The molecule has 0 saturated heterocycles. The highest BCUT2D eigenvalue weighted by atomic mass is 32.2. The van der Waals surface area contributed by atoms with Gasteiger partial charge in [-0.15, -0.1) is 0 Å². The maximum atomic E-state index is 13.0. The first-order chi connectivity index (χ1) is 15.0. The number of rotatable bonds is 5. The van der Waals surface area contributed by atoms with Gasteiger partial charge in [-0.25, -0.2) is 8.42 Å². The van der Waals surface area contributed by atoms with Crippen LogP contribution in [0.1, 0.15) is 29.5 Å². The van der Waals surface area contributed by atoms with E-state index in [0.717, 1.165) is 17.7 Å². The first kappa shape index (κ1) is 19.7. The summed E-state index contributed by atoms with van der Waals surface area (Å²) >= 11 is 0. The molecule has 0 aromatic heterocycles. The summed E-state index contributed by atoms with van der Waals surface area (Å²) in [6.45, 7) is 0. The lowest BCUT2D eigenvalue weighted by Crippen LogP contribution is -2.29. The van der Waals surface area contributed by atoms with Crippen LogP contribution < -0.4 is 14.8 Å². The van der Waals surface area contributed by atoms with Crippen molar-refractivity contribution in [3.63, 3.8) is 0 Å². The van der Waals surface area contributed by atoms with Crippen LogP contribution in [0.3, 0.4) is 0 Å². The molecule has 158 valence electrons. The number of fused-ring (bicyclic) bond motifs is 3. The molecule has 0 fully saturated rings. The topological polar surface area (TPSA) is 67.4 Å². The highest BCUT2D eigenvalue weighted by Gasteiger charge is 2.38. The Morgan fingerprint density at radius 2 is 1.77 bits per heavy atom. The van der Waals surface area contributed by atoms with E-state index in [0.29, 0.717) is 17.4 Å². The Labute approximate surface area is 182 Å². The molecule has 5 nitrogen and oxygen atoms in total. The molecule has 1 heterocycles. The molecule has 3 aromatic rings. The second-order valence-electron chi connectivity index (χ2n) is 7.97. The van der Waals surface area contributed by atoms with Crippen molar-refractivity contribution in [2.45, 2.75) is 23.3 Å². The van der Waals surface area contributed by atoms with Gasteiger partial charge in [0.15, 0.2) is 0 Å².